The fourth-order valence-electron chi connectivity index (χ4n) is 1.44. The molecule has 0 unspecified atom stereocenters. The number of carbonyl (C=O) groups is 1. The molecule has 1 aromatic rings. The number of amides is 2. The lowest BCUT2D eigenvalue weighted by Gasteiger charge is -2.23. The Morgan fingerprint density at radius 3 is 2.89 bits per heavy atom. The van der Waals surface area contributed by atoms with Gasteiger partial charge in [0.1, 0.15) is 0 Å². The van der Waals surface area contributed by atoms with Crippen molar-refractivity contribution in [3.05, 3.63) is 16.6 Å². The van der Waals surface area contributed by atoms with E-state index < -0.39 is 0 Å². The van der Waals surface area contributed by atoms with Crippen LogP contribution < -0.4 is 10.6 Å². The fourth-order valence-corrected chi connectivity index (χ4v) is 2.03. The first-order chi connectivity index (χ1) is 8.53. The fraction of sp³-hybridized carbons (Fsp3) is 0.667. The zero-order valence-corrected chi connectivity index (χ0v) is 11.7. The molecule has 1 aromatic heterocycles. The van der Waals surface area contributed by atoms with E-state index in [-0.39, 0.29) is 18.1 Å². The number of aliphatic hydroxyl groups excluding tert-OH is 1. The summed E-state index contributed by atoms with van der Waals surface area (Å²) >= 11 is 1.55. The van der Waals surface area contributed by atoms with Crippen molar-refractivity contribution in [3.63, 3.8) is 0 Å². The Labute approximate surface area is 112 Å². The lowest BCUT2D eigenvalue weighted by atomic mass is 9.90. The van der Waals surface area contributed by atoms with Crippen LogP contribution in [0.5, 0.6) is 0 Å². The molecule has 18 heavy (non-hydrogen) atoms. The average molecular weight is 271 g/mol. The molecule has 102 valence electrons. The van der Waals surface area contributed by atoms with E-state index in [1.54, 1.807) is 16.8 Å². The van der Waals surface area contributed by atoms with Crippen molar-refractivity contribution < 1.29 is 9.90 Å². The zero-order valence-electron chi connectivity index (χ0n) is 10.9. The summed E-state index contributed by atoms with van der Waals surface area (Å²) in [6.07, 6.45) is 1.42. The van der Waals surface area contributed by atoms with Crippen molar-refractivity contribution in [3.8, 4) is 0 Å². The summed E-state index contributed by atoms with van der Waals surface area (Å²) < 4.78 is 0. The Hall–Kier alpha value is -1.14. The number of rotatable bonds is 7. The lowest BCUT2D eigenvalue weighted by Crippen LogP contribution is -2.41. The summed E-state index contributed by atoms with van der Waals surface area (Å²) in [5.41, 5.74) is 2.70. The summed E-state index contributed by atoms with van der Waals surface area (Å²) in [7, 11) is 0. The third-order valence-corrected chi connectivity index (χ3v) is 3.30. The maximum Gasteiger partial charge on any atom is 0.314 e. The van der Waals surface area contributed by atoms with Gasteiger partial charge in [0, 0.05) is 31.5 Å². The molecule has 0 saturated heterocycles. The molecular formula is C12H21N3O2S. The molecule has 0 aromatic carbocycles. The Balaban J connectivity index is 2.14. The maximum absolute atomic E-state index is 11.5. The summed E-state index contributed by atoms with van der Waals surface area (Å²) in [6.45, 7) is 5.30. The SMILES string of the molecule is CC(C)(CCO)CNC(=O)NCCc1cscn1. The summed E-state index contributed by atoms with van der Waals surface area (Å²) in [5, 5.41) is 16.5. The first-order valence-corrected chi connectivity index (χ1v) is 6.97. The van der Waals surface area contributed by atoms with Gasteiger partial charge >= 0.3 is 6.03 Å². The highest BCUT2D eigenvalue weighted by Crippen LogP contribution is 2.17. The number of carbonyl (C=O) groups excluding carboxylic acids is 1. The predicted octanol–water partition coefficient (Wildman–Crippen LogP) is 1.39. The van der Waals surface area contributed by atoms with Crippen molar-refractivity contribution in [1.29, 1.82) is 0 Å². The van der Waals surface area contributed by atoms with Gasteiger partial charge in [0.15, 0.2) is 0 Å². The van der Waals surface area contributed by atoms with Crippen molar-refractivity contribution >= 4 is 17.4 Å². The van der Waals surface area contributed by atoms with Crippen molar-refractivity contribution in [2.45, 2.75) is 26.7 Å². The first kappa shape index (κ1) is 14.9. The second-order valence-electron chi connectivity index (χ2n) is 4.98. The van der Waals surface area contributed by atoms with Gasteiger partial charge in [-0.2, -0.15) is 0 Å². The van der Waals surface area contributed by atoms with E-state index >= 15 is 0 Å². The number of hydrogen-bond acceptors (Lipinski definition) is 4. The second-order valence-corrected chi connectivity index (χ2v) is 5.70. The minimum Gasteiger partial charge on any atom is -0.396 e. The number of thiazole rings is 1. The normalized spacial score (nSPS) is 11.3. The number of hydrogen-bond donors (Lipinski definition) is 3. The Morgan fingerprint density at radius 2 is 2.28 bits per heavy atom. The van der Waals surface area contributed by atoms with Crippen LogP contribution in [-0.2, 0) is 6.42 Å². The molecule has 0 radical (unpaired) electrons. The van der Waals surface area contributed by atoms with Gasteiger partial charge in [-0.3, -0.25) is 0 Å². The summed E-state index contributed by atoms with van der Waals surface area (Å²) in [5.74, 6) is 0. The largest absolute Gasteiger partial charge is 0.396 e. The van der Waals surface area contributed by atoms with E-state index in [0.717, 1.165) is 12.1 Å². The van der Waals surface area contributed by atoms with Crippen LogP contribution in [0.25, 0.3) is 0 Å². The van der Waals surface area contributed by atoms with Gasteiger partial charge in [0.05, 0.1) is 11.2 Å². The van der Waals surface area contributed by atoms with Gasteiger partial charge in [0.2, 0.25) is 0 Å². The molecule has 0 spiro atoms. The standard InChI is InChI=1S/C12H21N3O2S/c1-12(2,4-6-16)8-14-11(17)13-5-3-10-7-18-9-15-10/h7,9,16H,3-6,8H2,1-2H3,(H2,13,14,17). The number of aromatic nitrogens is 1. The van der Waals surface area contributed by atoms with Crippen molar-refractivity contribution in [2.75, 3.05) is 19.7 Å². The average Bonchev–Trinajstić information content (AvgIpc) is 2.79. The third kappa shape index (κ3) is 5.97. The van der Waals surface area contributed by atoms with E-state index in [4.69, 9.17) is 5.11 Å². The molecule has 5 nitrogen and oxygen atoms in total. The highest BCUT2D eigenvalue weighted by molar-refractivity contribution is 7.07. The minimum absolute atomic E-state index is 0.0823. The summed E-state index contributed by atoms with van der Waals surface area (Å²) in [6, 6.07) is -0.170. The molecule has 0 fully saturated rings. The van der Waals surface area contributed by atoms with Gasteiger partial charge < -0.3 is 15.7 Å². The van der Waals surface area contributed by atoms with E-state index in [9.17, 15) is 4.79 Å². The number of nitrogens with one attached hydrogen (secondary N) is 2. The molecule has 0 aliphatic rings. The zero-order chi connectivity index (χ0) is 13.4. The molecule has 0 atom stereocenters. The molecule has 0 saturated carbocycles. The Bertz CT molecular complexity index is 352. The van der Waals surface area contributed by atoms with Crippen LogP contribution in [0.3, 0.4) is 0 Å². The molecule has 6 heteroatoms. The second kappa shape index (κ2) is 7.33. The van der Waals surface area contributed by atoms with Gasteiger partial charge in [-0.25, -0.2) is 9.78 Å². The molecule has 2 amide bonds. The van der Waals surface area contributed by atoms with Crippen LogP contribution in [-0.4, -0.2) is 35.8 Å². The summed E-state index contributed by atoms with van der Waals surface area (Å²) in [4.78, 5) is 15.7. The quantitative estimate of drug-likeness (QED) is 0.701. The first-order valence-electron chi connectivity index (χ1n) is 6.03. The number of urea groups is 1. The molecule has 3 N–H and O–H groups in total. The van der Waals surface area contributed by atoms with Gasteiger partial charge in [-0.15, -0.1) is 11.3 Å². The van der Waals surface area contributed by atoms with E-state index in [2.05, 4.69) is 15.6 Å². The van der Waals surface area contributed by atoms with Gasteiger partial charge in [0.25, 0.3) is 0 Å². The molecule has 1 rings (SSSR count). The topological polar surface area (TPSA) is 74.2 Å². The van der Waals surface area contributed by atoms with Crippen LogP contribution in [0.15, 0.2) is 10.9 Å². The maximum atomic E-state index is 11.5. The number of aliphatic hydroxyl groups is 1. The minimum atomic E-state index is -0.170. The van der Waals surface area contributed by atoms with Crippen LogP contribution in [0, 0.1) is 5.41 Å². The lowest BCUT2D eigenvalue weighted by molar-refractivity contribution is 0.201. The third-order valence-electron chi connectivity index (χ3n) is 2.67. The Morgan fingerprint density at radius 1 is 1.50 bits per heavy atom. The van der Waals surface area contributed by atoms with E-state index in [1.165, 1.54) is 0 Å². The Kier molecular flexibility index (Phi) is 6.07. The van der Waals surface area contributed by atoms with Gasteiger partial charge in [-0.1, -0.05) is 13.8 Å². The van der Waals surface area contributed by atoms with E-state index in [0.29, 0.717) is 19.5 Å². The van der Waals surface area contributed by atoms with Crippen LogP contribution in [0.4, 0.5) is 4.79 Å². The van der Waals surface area contributed by atoms with Crippen molar-refractivity contribution in [1.82, 2.24) is 15.6 Å². The number of nitrogens with zero attached hydrogens (tertiary/aromatic N) is 1. The molecule has 0 aliphatic heterocycles. The van der Waals surface area contributed by atoms with E-state index in [1.807, 2.05) is 19.2 Å². The van der Waals surface area contributed by atoms with Crippen LogP contribution >= 0.6 is 11.3 Å². The predicted molar refractivity (Wildman–Crippen MR) is 72.7 cm³/mol. The molecular weight excluding hydrogens is 250 g/mol. The smallest absolute Gasteiger partial charge is 0.314 e. The van der Waals surface area contributed by atoms with Gasteiger partial charge in [-0.05, 0) is 11.8 Å². The van der Waals surface area contributed by atoms with Crippen molar-refractivity contribution in [2.24, 2.45) is 5.41 Å². The monoisotopic (exact) mass is 271 g/mol. The highest BCUT2D eigenvalue weighted by atomic mass is 32.1. The van der Waals surface area contributed by atoms with Crippen LogP contribution in [0.2, 0.25) is 0 Å². The van der Waals surface area contributed by atoms with Crippen LogP contribution in [0.1, 0.15) is 26.0 Å². The molecule has 0 bridgehead atoms. The molecule has 1 heterocycles. The highest BCUT2D eigenvalue weighted by Gasteiger charge is 2.17. The molecule has 0 aliphatic carbocycles.